The number of ketones is 1. The van der Waals surface area contributed by atoms with Crippen LogP contribution < -0.4 is 0 Å². The number of aliphatic hydroxyl groups is 1. The van der Waals surface area contributed by atoms with Crippen molar-refractivity contribution in [2.75, 3.05) is 6.61 Å². The number of hydrogen-bond acceptors (Lipinski definition) is 7. The van der Waals surface area contributed by atoms with Gasteiger partial charge in [0.25, 0.3) is 0 Å². The molecule has 1 saturated carbocycles. The Bertz CT molecular complexity index is 815. The van der Waals surface area contributed by atoms with Crippen LogP contribution in [0.5, 0.6) is 0 Å². The third-order valence-electron chi connectivity index (χ3n) is 7.76. The number of aliphatic carboxylic acids is 1. The average Bonchev–Trinajstić information content (AvgIpc) is 2.97. The van der Waals surface area contributed by atoms with Crippen molar-refractivity contribution >= 4 is 23.7 Å². The van der Waals surface area contributed by atoms with Gasteiger partial charge < -0.3 is 19.7 Å². The van der Waals surface area contributed by atoms with Crippen LogP contribution in [0.3, 0.4) is 0 Å². The lowest BCUT2D eigenvalue weighted by Crippen LogP contribution is -2.69. The molecular formula is C20H24O8. The van der Waals surface area contributed by atoms with Crippen LogP contribution in [-0.2, 0) is 28.7 Å². The predicted octanol–water partition coefficient (Wildman–Crippen LogP) is 0.714. The number of esters is 2. The Labute approximate surface area is 161 Å². The first kappa shape index (κ1) is 19.1. The largest absolute Gasteiger partial charge is 0.481 e. The summed E-state index contributed by atoms with van der Waals surface area (Å²) in [4.78, 5) is 49.5. The van der Waals surface area contributed by atoms with Crippen LogP contribution in [0.4, 0.5) is 0 Å². The highest BCUT2D eigenvalue weighted by atomic mass is 16.6. The summed E-state index contributed by atoms with van der Waals surface area (Å²) in [6.07, 6.45) is -0.747. The average molecular weight is 392 g/mol. The van der Waals surface area contributed by atoms with Crippen LogP contribution in [0.25, 0.3) is 0 Å². The summed E-state index contributed by atoms with van der Waals surface area (Å²) >= 11 is 0. The summed E-state index contributed by atoms with van der Waals surface area (Å²) in [6, 6.07) is 0. The molecule has 0 unspecified atom stereocenters. The number of carboxylic acids is 1. The smallest absolute Gasteiger partial charge is 0.310 e. The summed E-state index contributed by atoms with van der Waals surface area (Å²) in [5.74, 6) is -5.35. The number of carboxylic acid groups (broad SMARTS) is 1. The normalized spacial score (nSPS) is 47.3. The zero-order valence-electron chi connectivity index (χ0n) is 16.0. The molecular weight excluding hydrogens is 368 g/mol. The van der Waals surface area contributed by atoms with E-state index in [0.29, 0.717) is 6.42 Å². The molecule has 2 heterocycles. The van der Waals surface area contributed by atoms with Crippen molar-refractivity contribution in [2.24, 2.45) is 34.5 Å². The molecule has 0 bridgehead atoms. The van der Waals surface area contributed by atoms with Gasteiger partial charge in [0.2, 0.25) is 0 Å². The first-order valence-electron chi connectivity index (χ1n) is 9.54. The zero-order chi connectivity index (χ0) is 20.6. The highest BCUT2D eigenvalue weighted by Gasteiger charge is 2.75. The topological polar surface area (TPSA) is 127 Å². The SMILES string of the molecule is CC1=CC(=O)[C@@H](O)[C@]2(C)[C@H]3C(=O)OC[C@@]34[C@@H](C[C@@H]12)OC(=O)[C@H](C)[C@@H]4CC(=O)O. The van der Waals surface area contributed by atoms with Gasteiger partial charge in [-0.1, -0.05) is 19.4 Å². The Morgan fingerprint density at radius 2 is 1.96 bits per heavy atom. The first-order chi connectivity index (χ1) is 13.0. The molecule has 152 valence electrons. The lowest BCUT2D eigenvalue weighted by atomic mass is 9.42. The highest BCUT2D eigenvalue weighted by molar-refractivity contribution is 5.97. The van der Waals surface area contributed by atoms with E-state index in [1.165, 1.54) is 6.08 Å². The Morgan fingerprint density at radius 3 is 2.61 bits per heavy atom. The van der Waals surface area contributed by atoms with E-state index in [1.54, 1.807) is 20.8 Å². The van der Waals surface area contributed by atoms with Crippen molar-refractivity contribution in [2.45, 2.75) is 45.8 Å². The van der Waals surface area contributed by atoms with Crippen molar-refractivity contribution in [3.63, 3.8) is 0 Å². The molecule has 0 amide bonds. The Morgan fingerprint density at radius 1 is 1.29 bits per heavy atom. The number of carbonyl (C=O) groups is 4. The third-order valence-corrected chi connectivity index (χ3v) is 7.76. The maximum atomic E-state index is 12.9. The lowest BCUT2D eigenvalue weighted by Gasteiger charge is -2.61. The number of carbonyl (C=O) groups excluding carboxylic acids is 3. The number of allylic oxidation sites excluding steroid dienone is 1. The number of ether oxygens (including phenoxy) is 2. The van der Waals surface area contributed by atoms with Gasteiger partial charge in [-0.05, 0) is 31.3 Å². The molecule has 2 saturated heterocycles. The van der Waals surface area contributed by atoms with Crippen LogP contribution in [0, 0.1) is 34.5 Å². The summed E-state index contributed by atoms with van der Waals surface area (Å²) in [6.45, 7) is 4.98. The van der Waals surface area contributed by atoms with Gasteiger partial charge in [-0.3, -0.25) is 19.2 Å². The van der Waals surface area contributed by atoms with E-state index < -0.39 is 64.5 Å². The molecule has 8 nitrogen and oxygen atoms in total. The van der Waals surface area contributed by atoms with Crippen LogP contribution in [0.1, 0.15) is 33.6 Å². The van der Waals surface area contributed by atoms with Gasteiger partial charge in [-0.2, -0.15) is 0 Å². The summed E-state index contributed by atoms with van der Waals surface area (Å²) < 4.78 is 11.1. The summed E-state index contributed by atoms with van der Waals surface area (Å²) in [5, 5.41) is 20.3. The van der Waals surface area contributed by atoms with E-state index in [9.17, 15) is 29.4 Å². The minimum absolute atomic E-state index is 0.0806. The molecule has 3 fully saturated rings. The van der Waals surface area contributed by atoms with Crippen LogP contribution in [0.15, 0.2) is 11.6 Å². The van der Waals surface area contributed by atoms with Crippen molar-refractivity contribution in [1.29, 1.82) is 0 Å². The molecule has 0 aromatic rings. The van der Waals surface area contributed by atoms with Crippen LogP contribution in [0.2, 0.25) is 0 Å². The van der Waals surface area contributed by atoms with Gasteiger partial charge in [-0.15, -0.1) is 0 Å². The molecule has 2 N–H and O–H groups in total. The van der Waals surface area contributed by atoms with E-state index in [4.69, 9.17) is 9.47 Å². The minimum atomic E-state index is -1.41. The highest BCUT2D eigenvalue weighted by Crippen LogP contribution is 2.67. The number of rotatable bonds is 2. The van der Waals surface area contributed by atoms with E-state index >= 15 is 0 Å². The first-order valence-corrected chi connectivity index (χ1v) is 9.54. The molecule has 8 heteroatoms. The van der Waals surface area contributed by atoms with E-state index in [0.717, 1.165) is 5.57 Å². The quantitative estimate of drug-likeness (QED) is 0.658. The van der Waals surface area contributed by atoms with Gasteiger partial charge in [-0.25, -0.2) is 0 Å². The second-order valence-corrected chi connectivity index (χ2v) is 8.92. The number of hydrogen-bond donors (Lipinski definition) is 2. The second kappa shape index (κ2) is 5.89. The fourth-order valence-electron chi connectivity index (χ4n) is 6.47. The molecule has 28 heavy (non-hydrogen) atoms. The van der Waals surface area contributed by atoms with E-state index in [2.05, 4.69) is 0 Å². The van der Waals surface area contributed by atoms with E-state index in [1.807, 2.05) is 0 Å². The molecule has 8 atom stereocenters. The number of aliphatic hydroxyl groups excluding tert-OH is 1. The molecule has 0 radical (unpaired) electrons. The standard InChI is InChI=1S/C20H24O8/c1-8-4-12(21)16(24)19(3)10(8)5-13-20(7-27-18(26)15(19)20)11(6-14(22)23)9(2)17(25)28-13/h4,9-11,13,15-16,24H,5-7H2,1-3H3,(H,22,23)/t9-,10+,11+,13-,15-,16-,19+,20-/m1/s1. The van der Waals surface area contributed by atoms with Gasteiger partial charge in [0.1, 0.15) is 18.8 Å². The Hall–Kier alpha value is -2.22. The maximum absolute atomic E-state index is 12.9. The molecule has 4 rings (SSSR count). The van der Waals surface area contributed by atoms with Crippen LogP contribution >= 0.6 is 0 Å². The Kier molecular flexibility index (Phi) is 4.02. The molecule has 2 aliphatic heterocycles. The Balaban J connectivity index is 1.93. The van der Waals surface area contributed by atoms with Crippen molar-refractivity contribution < 1.29 is 38.9 Å². The van der Waals surface area contributed by atoms with Gasteiger partial charge in [0.15, 0.2) is 5.78 Å². The second-order valence-electron chi connectivity index (χ2n) is 8.92. The van der Waals surface area contributed by atoms with Gasteiger partial charge >= 0.3 is 17.9 Å². The third kappa shape index (κ3) is 2.15. The molecule has 2 aliphatic carbocycles. The lowest BCUT2D eigenvalue weighted by molar-refractivity contribution is -0.230. The zero-order valence-corrected chi connectivity index (χ0v) is 16.0. The maximum Gasteiger partial charge on any atom is 0.310 e. The molecule has 1 spiro atoms. The number of fused-ring (bicyclic) bond motifs is 2. The van der Waals surface area contributed by atoms with Crippen molar-refractivity contribution in [3.05, 3.63) is 11.6 Å². The van der Waals surface area contributed by atoms with Gasteiger partial charge in [0.05, 0.1) is 17.3 Å². The summed E-state index contributed by atoms with van der Waals surface area (Å²) in [5.41, 5.74) is -1.51. The fourth-order valence-corrected chi connectivity index (χ4v) is 6.47. The van der Waals surface area contributed by atoms with E-state index in [-0.39, 0.29) is 18.9 Å². The van der Waals surface area contributed by atoms with Crippen molar-refractivity contribution in [3.8, 4) is 0 Å². The van der Waals surface area contributed by atoms with Crippen molar-refractivity contribution in [1.82, 2.24) is 0 Å². The molecule has 0 aromatic carbocycles. The predicted molar refractivity (Wildman–Crippen MR) is 92.7 cm³/mol. The van der Waals surface area contributed by atoms with Crippen LogP contribution in [-0.4, -0.2) is 52.7 Å². The molecule has 4 aliphatic rings. The van der Waals surface area contributed by atoms with Gasteiger partial charge in [0, 0.05) is 11.8 Å². The fraction of sp³-hybridized carbons (Fsp3) is 0.700. The summed E-state index contributed by atoms with van der Waals surface area (Å²) in [7, 11) is 0. The minimum Gasteiger partial charge on any atom is -0.481 e. The monoisotopic (exact) mass is 392 g/mol. The number of cyclic esters (lactones) is 1. The molecule has 0 aromatic heterocycles.